The molecule has 2 aromatic rings. The van der Waals surface area contributed by atoms with Gasteiger partial charge in [-0.1, -0.05) is 0 Å². The van der Waals surface area contributed by atoms with Crippen LogP contribution in [0.2, 0.25) is 0 Å². The summed E-state index contributed by atoms with van der Waals surface area (Å²) in [4.78, 5) is 20.2. The third-order valence-electron chi connectivity index (χ3n) is 1.95. The van der Waals surface area contributed by atoms with Gasteiger partial charge >= 0.3 is 0 Å². The van der Waals surface area contributed by atoms with Crippen molar-refractivity contribution in [1.29, 1.82) is 0 Å². The topological polar surface area (TPSA) is 42.9 Å². The summed E-state index contributed by atoms with van der Waals surface area (Å²) in [6.45, 7) is 0. The van der Waals surface area contributed by atoms with E-state index in [1.807, 2.05) is 0 Å². The Kier molecular flexibility index (Phi) is 3.46. The first kappa shape index (κ1) is 11.4. The summed E-state index contributed by atoms with van der Waals surface area (Å²) in [6.07, 6.45) is 3.16. The highest BCUT2D eigenvalue weighted by atomic mass is 79.9. The summed E-state index contributed by atoms with van der Waals surface area (Å²) in [5, 5.41) is 0. The Morgan fingerprint density at radius 3 is 1.75 bits per heavy atom. The lowest BCUT2D eigenvalue weighted by Gasteiger charge is -2.03. The Labute approximate surface area is 109 Å². The van der Waals surface area contributed by atoms with Crippen molar-refractivity contribution >= 4 is 37.6 Å². The number of hydrogen-bond donors (Lipinski definition) is 0. The normalized spacial score (nSPS) is 10.1. The first-order valence-corrected chi connectivity index (χ1v) is 6.04. The number of nitrogens with zero attached hydrogens (tertiary/aromatic N) is 2. The first-order valence-electron chi connectivity index (χ1n) is 4.46. The molecule has 0 spiro atoms. The average molecular weight is 342 g/mol. The second-order valence-corrected chi connectivity index (χ2v) is 4.71. The first-order chi connectivity index (χ1) is 7.70. The van der Waals surface area contributed by atoms with E-state index >= 15 is 0 Å². The molecule has 3 nitrogen and oxygen atoms in total. The molecule has 0 bridgehead atoms. The van der Waals surface area contributed by atoms with Gasteiger partial charge in [0.05, 0.1) is 0 Å². The second-order valence-electron chi connectivity index (χ2n) is 3.00. The Balaban J connectivity index is 2.48. The zero-order valence-corrected chi connectivity index (χ0v) is 11.2. The van der Waals surface area contributed by atoms with Gasteiger partial charge in [-0.25, -0.2) is 0 Å². The Hall–Kier alpha value is -1.07. The lowest BCUT2D eigenvalue weighted by atomic mass is 10.2. The van der Waals surface area contributed by atoms with Crippen LogP contribution in [0.1, 0.15) is 16.2 Å². The quantitative estimate of drug-likeness (QED) is 0.787. The molecule has 0 saturated carbocycles. The van der Waals surface area contributed by atoms with Crippen molar-refractivity contribution in [1.82, 2.24) is 9.97 Å². The van der Waals surface area contributed by atoms with Crippen LogP contribution in [0.15, 0.2) is 45.6 Å². The minimum Gasteiger partial charge on any atom is -0.285 e. The largest absolute Gasteiger partial charge is 0.285 e. The van der Waals surface area contributed by atoms with Crippen molar-refractivity contribution < 1.29 is 4.79 Å². The molecule has 0 aromatic carbocycles. The fourth-order valence-corrected chi connectivity index (χ4v) is 2.09. The smallest absolute Gasteiger partial charge is 0.231 e. The molecular weight excluding hydrogens is 336 g/mol. The summed E-state index contributed by atoms with van der Waals surface area (Å²) < 4.78 is 1.33. The number of carbonyl (C=O) groups is 1. The number of aromatic nitrogens is 2. The van der Waals surface area contributed by atoms with E-state index in [1.54, 1.807) is 36.7 Å². The van der Waals surface area contributed by atoms with Crippen LogP contribution in [0.3, 0.4) is 0 Å². The lowest BCUT2D eigenvalue weighted by Crippen LogP contribution is -2.07. The maximum atomic E-state index is 12.1. The van der Waals surface area contributed by atoms with E-state index in [4.69, 9.17) is 0 Å². The van der Waals surface area contributed by atoms with Crippen molar-refractivity contribution in [3.8, 4) is 0 Å². The molecule has 0 amide bonds. The van der Waals surface area contributed by atoms with E-state index in [1.165, 1.54) is 0 Å². The van der Waals surface area contributed by atoms with Crippen LogP contribution in [-0.2, 0) is 0 Å². The van der Waals surface area contributed by atoms with Gasteiger partial charge in [-0.15, -0.1) is 0 Å². The molecule has 80 valence electrons. The summed E-state index contributed by atoms with van der Waals surface area (Å²) >= 11 is 6.58. The number of ketones is 1. The molecular formula is C11H6Br2N2O. The summed E-state index contributed by atoms with van der Waals surface area (Å²) in [6, 6.07) is 7.07. The van der Waals surface area contributed by atoms with E-state index in [-0.39, 0.29) is 5.78 Å². The SMILES string of the molecule is O=C(c1ncccc1Br)c1ncccc1Br. The molecule has 0 radical (unpaired) electrons. The van der Waals surface area contributed by atoms with Crippen molar-refractivity contribution in [2.75, 3.05) is 0 Å². The molecule has 0 fully saturated rings. The van der Waals surface area contributed by atoms with E-state index in [0.29, 0.717) is 20.3 Å². The third kappa shape index (κ3) is 2.20. The number of carbonyl (C=O) groups excluding carboxylic acids is 1. The molecule has 0 aliphatic carbocycles. The van der Waals surface area contributed by atoms with E-state index < -0.39 is 0 Å². The van der Waals surface area contributed by atoms with Gasteiger partial charge in [0.15, 0.2) is 0 Å². The van der Waals surface area contributed by atoms with E-state index in [9.17, 15) is 4.79 Å². The zero-order valence-electron chi connectivity index (χ0n) is 8.02. The number of halogens is 2. The van der Waals surface area contributed by atoms with Gasteiger partial charge < -0.3 is 0 Å². The highest BCUT2D eigenvalue weighted by Gasteiger charge is 2.17. The number of pyridine rings is 2. The van der Waals surface area contributed by atoms with Gasteiger partial charge in [-0.05, 0) is 56.1 Å². The minimum absolute atomic E-state index is 0.208. The zero-order chi connectivity index (χ0) is 11.5. The molecule has 2 heterocycles. The van der Waals surface area contributed by atoms with Crippen LogP contribution in [0.25, 0.3) is 0 Å². The molecule has 0 aliphatic rings. The van der Waals surface area contributed by atoms with Crippen molar-refractivity contribution in [3.05, 3.63) is 57.0 Å². The van der Waals surface area contributed by atoms with Gasteiger partial charge in [0, 0.05) is 21.3 Å². The van der Waals surface area contributed by atoms with Gasteiger partial charge in [0.2, 0.25) is 5.78 Å². The van der Waals surface area contributed by atoms with E-state index in [2.05, 4.69) is 41.8 Å². The van der Waals surface area contributed by atoms with Gasteiger partial charge in [-0.3, -0.25) is 14.8 Å². The average Bonchev–Trinajstić information content (AvgIpc) is 2.29. The predicted octanol–water partition coefficient (Wildman–Crippen LogP) is 3.23. The Bertz CT molecular complexity index is 496. The molecule has 0 unspecified atom stereocenters. The monoisotopic (exact) mass is 340 g/mol. The summed E-state index contributed by atoms with van der Waals surface area (Å²) in [5.41, 5.74) is 0.726. The standard InChI is InChI=1S/C11H6Br2N2O/c12-7-3-1-5-14-9(7)11(16)10-8(13)4-2-6-15-10/h1-6H. The summed E-state index contributed by atoms with van der Waals surface area (Å²) in [7, 11) is 0. The fourth-order valence-electron chi connectivity index (χ4n) is 1.22. The second kappa shape index (κ2) is 4.84. The van der Waals surface area contributed by atoms with Crippen LogP contribution in [0.5, 0.6) is 0 Å². The predicted molar refractivity (Wildman–Crippen MR) is 67.3 cm³/mol. The van der Waals surface area contributed by atoms with Gasteiger partial charge in [0.25, 0.3) is 0 Å². The molecule has 2 aromatic heterocycles. The van der Waals surface area contributed by atoms with Gasteiger partial charge in [-0.2, -0.15) is 0 Å². The maximum Gasteiger partial charge on any atom is 0.231 e. The van der Waals surface area contributed by atoms with Crippen LogP contribution < -0.4 is 0 Å². The maximum absolute atomic E-state index is 12.1. The highest BCUT2D eigenvalue weighted by Crippen LogP contribution is 2.20. The molecule has 0 atom stereocenters. The molecule has 16 heavy (non-hydrogen) atoms. The van der Waals surface area contributed by atoms with E-state index in [0.717, 1.165) is 0 Å². The summed E-state index contributed by atoms with van der Waals surface area (Å²) in [5.74, 6) is -0.208. The highest BCUT2D eigenvalue weighted by molar-refractivity contribution is 9.10. The van der Waals surface area contributed by atoms with Crippen LogP contribution >= 0.6 is 31.9 Å². The van der Waals surface area contributed by atoms with Crippen molar-refractivity contribution in [2.45, 2.75) is 0 Å². The Morgan fingerprint density at radius 2 is 1.38 bits per heavy atom. The van der Waals surface area contributed by atoms with Crippen LogP contribution in [0.4, 0.5) is 0 Å². The number of rotatable bonds is 2. The van der Waals surface area contributed by atoms with Crippen molar-refractivity contribution in [3.63, 3.8) is 0 Å². The third-order valence-corrected chi connectivity index (χ3v) is 3.23. The molecule has 5 heteroatoms. The minimum atomic E-state index is -0.208. The molecule has 2 rings (SSSR count). The van der Waals surface area contributed by atoms with Crippen molar-refractivity contribution in [2.24, 2.45) is 0 Å². The molecule has 0 saturated heterocycles. The van der Waals surface area contributed by atoms with Gasteiger partial charge in [0.1, 0.15) is 11.4 Å². The Morgan fingerprint density at radius 1 is 0.938 bits per heavy atom. The molecule has 0 aliphatic heterocycles. The molecule has 0 N–H and O–H groups in total. The van der Waals surface area contributed by atoms with Crippen LogP contribution in [0, 0.1) is 0 Å². The lowest BCUT2D eigenvalue weighted by molar-refractivity contribution is 0.102. The fraction of sp³-hybridized carbons (Fsp3) is 0. The number of hydrogen-bond acceptors (Lipinski definition) is 3. The van der Waals surface area contributed by atoms with Crippen LogP contribution in [-0.4, -0.2) is 15.8 Å².